The molecule has 4 rings (SSSR count). The summed E-state index contributed by atoms with van der Waals surface area (Å²) in [6.07, 6.45) is -2.85. The number of fused-ring (bicyclic) bond motifs is 1. The first-order chi connectivity index (χ1) is 13.4. The SMILES string of the molecule is COc1cccc(-c2nc3c(Nc4cccc(C(F)(F)F)c4)nccc3[nH]2)c1. The molecule has 2 aromatic heterocycles. The van der Waals surface area contributed by atoms with Crippen molar-refractivity contribution in [2.45, 2.75) is 6.18 Å². The molecule has 0 aliphatic rings. The molecule has 2 heterocycles. The van der Waals surface area contributed by atoms with E-state index in [4.69, 9.17) is 4.74 Å². The summed E-state index contributed by atoms with van der Waals surface area (Å²) in [6, 6.07) is 14.1. The normalized spacial score (nSPS) is 11.6. The van der Waals surface area contributed by atoms with Crippen LogP contribution in [0.4, 0.5) is 24.7 Å². The van der Waals surface area contributed by atoms with Gasteiger partial charge in [-0.2, -0.15) is 13.2 Å². The van der Waals surface area contributed by atoms with Crippen molar-refractivity contribution < 1.29 is 17.9 Å². The molecule has 0 bridgehead atoms. The molecule has 5 nitrogen and oxygen atoms in total. The molecule has 2 aromatic carbocycles. The highest BCUT2D eigenvalue weighted by molar-refractivity contribution is 5.90. The lowest BCUT2D eigenvalue weighted by atomic mass is 10.2. The molecule has 0 unspecified atom stereocenters. The summed E-state index contributed by atoms with van der Waals surface area (Å²) in [4.78, 5) is 12.0. The van der Waals surface area contributed by atoms with Crippen LogP contribution in [-0.2, 0) is 6.18 Å². The summed E-state index contributed by atoms with van der Waals surface area (Å²) < 4.78 is 44.1. The predicted molar refractivity (Wildman–Crippen MR) is 101 cm³/mol. The maximum absolute atomic E-state index is 12.9. The zero-order valence-corrected chi connectivity index (χ0v) is 14.7. The number of alkyl halides is 3. The Morgan fingerprint density at radius 3 is 2.64 bits per heavy atom. The van der Waals surface area contributed by atoms with Gasteiger partial charge >= 0.3 is 6.18 Å². The number of hydrogen-bond acceptors (Lipinski definition) is 4. The number of nitrogens with zero attached hydrogens (tertiary/aromatic N) is 2. The topological polar surface area (TPSA) is 62.8 Å². The smallest absolute Gasteiger partial charge is 0.416 e. The molecule has 142 valence electrons. The number of ether oxygens (including phenoxy) is 1. The van der Waals surface area contributed by atoms with Crippen molar-refractivity contribution in [3.8, 4) is 17.1 Å². The Morgan fingerprint density at radius 2 is 1.86 bits per heavy atom. The van der Waals surface area contributed by atoms with Crippen molar-refractivity contribution in [2.24, 2.45) is 0 Å². The Hall–Kier alpha value is -3.55. The van der Waals surface area contributed by atoms with Gasteiger partial charge in [-0.1, -0.05) is 18.2 Å². The van der Waals surface area contributed by atoms with Gasteiger partial charge in [0.2, 0.25) is 0 Å². The van der Waals surface area contributed by atoms with Gasteiger partial charge in [-0.3, -0.25) is 0 Å². The van der Waals surface area contributed by atoms with E-state index >= 15 is 0 Å². The van der Waals surface area contributed by atoms with Crippen LogP contribution in [-0.4, -0.2) is 22.1 Å². The Bertz CT molecular complexity index is 1140. The van der Waals surface area contributed by atoms with Crippen LogP contribution < -0.4 is 10.1 Å². The second-order valence-electron chi connectivity index (χ2n) is 6.08. The number of pyridine rings is 1. The molecule has 4 aromatic rings. The van der Waals surface area contributed by atoms with E-state index in [0.717, 1.165) is 17.7 Å². The first-order valence-corrected chi connectivity index (χ1v) is 8.37. The number of anilines is 2. The van der Waals surface area contributed by atoms with E-state index in [2.05, 4.69) is 20.3 Å². The number of H-pyrrole nitrogens is 1. The molecule has 0 fully saturated rings. The molecular formula is C20H15F3N4O. The lowest BCUT2D eigenvalue weighted by molar-refractivity contribution is -0.137. The van der Waals surface area contributed by atoms with Gasteiger partial charge in [-0.05, 0) is 36.4 Å². The Balaban J connectivity index is 1.72. The maximum Gasteiger partial charge on any atom is 0.416 e. The molecule has 2 N–H and O–H groups in total. The highest BCUT2D eigenvalue weighted by atomic mass is 19.4. The Labute approximate surface area is 158 Å². The molecule has 8 heteroatoms. The number of imidazole rings is 1. The third-order valence-electron chi connectivity index (χ3n) is 4.20. The first-order valence-electron chi connectivity index (χ1n) is 8.37. The van der Waals surface area contributed by atoms with Crippen molar-refractivity contribution in [1.29, 1.82) is 0 Å². The van der Waals surface area contributed by atoms with Gasteiger partial charge in [0.1, 0.15) is 17.1 Å². The van der Waals surface area contributed by atoms with E-state index in [1.54, 1.807) is 25.4 Å². The number of benzene rings is 2. The molecule has 0 aliphatic heterocycles. The lowest BCUT2D eigenvalue weighted by Gasteiger charge is -2.10. The van der Waals surface area contributed by atoms with Crippen LogP contribution in [0.5, 0.6) is 5.75 Å². The van der Waals surface area contributed by atoms with E-state index in [9.17, 15) is 13.2 Å². The van der Waals surface area contributed by atoms with E-state index in [1.807, 2.05) is 24.3 Å². The molecule has 0 amide bonds. The van der Waals surface area contributed by atoms with Crippen molar-refractivity contribution in [3.05, 3.63) is 66.4 Å². The van der Waals surface area contributed by atoms with Crippen molar-refractivity contribution in [2.75, 3.05) is 12.4 Å². The Morgan fingerprint density at radius 1 is 1.04 bits per heavy atom. The number of methoxy groups -OCH3 is 1. The molecule has 0 atom stereocenters. The highest BCUT2D eigenvalue weighted by Crippen LogP contribution is 2.32. The van der Waals surface area contributed by atoms with Crippen LogP contribution in [0.15, 0.2) is 60.8 Å². The van der Waals surface area contributed by atoms with Crippen molar-refractivity contribution in [1.82, 2.24) is 15.0 Å². The summed E-state index contributed by atoms with van der Waals surface area (Å²) in [6.45, 7) is 0. The number of rotatable bonds is 4. The fraction of sp³-hybridized carbons (Fsp3) is 0.100. The zero-order chi connectivity index (χ0) is 19.7. The maximum atomic E-state index is 12.9. The minimum atomic E-state index is -4.41. The first kappa shape index (κ1) is 17.8. The second-order valence-corrected chi connectivity index (χ2v) is 6.08. The molecule has 0 spiro atoms. The number of aromatic amines is 1. The van der Waals surface area contributed by atoms with Crippen LogP contribution in [0, 0.1) is 0 Å². The standard InChI is InChI=1S/C20H15F3N4O/c1-28-15-7-2-4-12(10-15)18-26-16-8-9-24-19(17(16)27-18)25-14-6-3-5-13(11-14)20(21,22)23/h2-11H,1H3,(H,24,25)(H,26,27). The minimum absolute atomic E-state index is 0.278. The summed E-state index contributed by atoms with van der Waals surface area (Å²) in [7, 11) is 1.58. The fourth-order valence-electron chi connectivity index (χ4n) is 2.84. The van der Waals surface area contributed by atoms with E-state index in [-0.39, 0.29) is 5.69 Å². The van der Waals surface area contributed by atoms with Crippen LogP contribution in [0.2, 0.25) is 0 Å². The quantitative estimate of drug-likeness (QED) is 0.495. The molecular weight excluding hydrogens is 369 g/mol. The van der Waals surface area contributed by atoms with Crippen LogP contribution >= 0.6 is 0 Å². The number of nitrogens with one attached hydrogen (secondary N) is 2. The number of aromatic nitrogens is 3. The predicted octanol–water partition coefficient (Wildman–Crippen LogP) is 5.40. The largest absolute Gasteiger partial charge is 0.497 e. The lowest BCUT2D eigenvalue weighted by Crippen LogP contribution is -2.05. The third kappa shape index (κ3) is 3.48. The molecule has 28 heavy (non-hydrogen) atoms. The Kier molecular flexibility index (Phi) is 4.38. The van der Waals surface area contributed by atoms with Gasteiger partial charge in [-0.25, -0.2) is 9.97 Å². The van der Waals surface area contributed by atoms with Gasteiger partial charge in [0.05, 0.1) is 18.2 Å². The fourth-order valence-corrected chi connectivity index (χ4v) is 2.84. The monoisotopic (exact) mass is 384 g/mol. The highest BCUT2D eigenvalue weighted by Gasteiger charge is 2.30. The van der Waals surface area contributed by atoms with Crippen molar-refractivity contribution in [3.63, 3.8) is 0 Å². The number of hydrogen-bond donors (Lipinski definition) is 2. The molecule has 0 radical (unpaired) electrons. The second kappa shape index (κ2) is 6.88. The summed E-state index contributed by atoms with van der Waals surface area (Å²) in [5.41, 5.74) is 1.60. The number of halogens is 3. The van der Waals surface area contributed by atoms with Gasteiger partial charge in [0.15, 0.2) is 5.82 Å². The van der Waals surface area contributed by atoms with Gasteiger partial charge in [-0.15, -0.1) is 0 Å². The van der Waals surface area contributed by atoms with E-state index in [0.29, 0.717) is 28.4 Å². The van der Waals surface area contributed by atoms with Gasteiger partial charge < -0.3 is 15.0 Å². The average molecular weight is 384 g/mol. The average Bonchev–Trinajstić information content (AvgIpc) is 3.13. The van der Waals surface area contributed by atoms with Gasteiger partial charge in [0, 0.05) is 17.4 Å². The van der Waals surface area contributed by atoms with Gasteiger partial charge in [0.25, 0.3) is 0 Å². The van der Waals surface area contributed by atoms with Crippen molar-refractivity contribution >= 4 is 22.5 Å². The third-order valence-corrected chi connectivity index (χ3v) is 4.20. The molecule has 0 saturated carbocycles. The van der Waals surface area contributed by atoms with E-state index in [1.165, 1.54) is 6.07 Å². The minimum Gasteiger partial charge on any atom is -0.497 e. The van der Waals surface area contributed by atoms with Crippen LogP contribution in [0.1, 0.15) is 5.56 Å². The molecule has 0 saturated heterocycles. The summed E-state index contributed by atoms with van der Waals surface area (Å²) in [5.74, 6) is 1.66. The molecule has 0 aliphatic carbocycles. The van der Waals surface area contributed by atoms with Crippen LogP contribution in [0.3, 0.4) is 0 Å². The van der Waals surface area contributed by atoms with E-state index < -0.39 is 11.7 Å². The van der Waals surface area contributed by atoms with Crippen LogP contribution in [0.25, 0.3) is 22.4 Å². The summed E-state index contributed by atoms with van der Waals surface area (Å²) in [5, 5.41) is 2.93. The summed E-state index contributed by atoms with van der Waals surface area (Å²) >= 11 is 0. The zero-order valence-electron chi connectivity index (χ0n) is 14.7.